The SMILES string of the molecule is CSc1nc2cc(S(=O)(=O)NCCCCCC(=O)O)ccc2s1. The lowest BCUT2D eigenvalue weighted by atomic mass is 10.2. The van der Waals surface area contributed by atoms with Gasteiger partial charge >= 0.3 is 5.97 Å². The van der Waals surface area contributed by atoms with Crippen LogP contribution in [0.15, 0.2) is 27.4 Å². The number of carboxylic acids is 1. The Hall–Kier alpha value is -1.16. The number of sulfonamides is 1. The molecule has 6 nitrogen and oxygen atoms in total. The maximum Gasteiger partial charge on any atom is 0.303 e. The molecule has 0 amide bonds. The van der Waals surface area contributed by atoms with Gasteiger partial charge in [0, 0.05) is 13.0 Å². The third-order valence-corrected chi connectivity index (χ3v) is 6.66. The van der Waals surface area contributed by atoms with Crippen molar-refractivity contribution in [2.75, 3.05) is 12.8 Å². The standard InChI is InChI=1S/C14H18N2O4S3/c1-21-14-16-11-9-10(6-7-12(11)22-14)23(19,20)15-8-4-2-3-5-13(17)18/h6-7,9,15H,2-5,8H2,1H3,(H,17,18). The van der Waals surface area contributed by atoms with E-state index in [0.717, 1.165) is 9.04 Å². The summed E-state index contributed by atoms with van der Waals surface area (Å²) < 4.78 is 28.9. The lowest BCUT2D eigenvalue weighted by Gasteiger charge is -2.06. The molecule has 1 heterocycles. The molecule has 0 saturated heterocycles. The summed E-state index contributed by atoms with van der Waals surface area (Å²) in [6.45, 7) is 0.299. The number of carboxylic acid groups (broad SMARTS) is 1. The topological polar surface area (TPSA) is 96.4 Å². The summed E-state index contributed by atoms with van der Waals surface area (Å²) in [4.78, 5) is 15.0. The highest BCUT2D eigenvalue weighted by molar-refractivity contribution is 8.00. The van der Waals surface area contributed by atoms with E-state index in [1.165, 1.54) is 23.1 Å². The molecule has 0 aliphatic heterocycles. The monoisotopic (exact) mass is 374 g/mol. The number of nitrogens with zero attached hydrogens (tertiary/aromatic N) is 1. The zero-order valence-corrected chi connectivity index (χ0v) is 15.1. The van der Waals surface area contributed by atoms with Gasteiger partial charge in [0.1, 0.15) is 0 Å². The van der Waals surface area contributed by atoms with E-state index in [-0.39, 0.29) is 11.3 Å². The van der Waals surface area contributed by atoms with Gasteiger partial charge in [-0.1, -0.05) is 18.2 Å². The van der Waals surface area contributed by atoms with Gasteiger partial charge in [-0.25, -0.2) is 18.1 Å². The number of fused-ring (bicyclic) bond motifs is 1. The maximum absolute atomic E-state index is 12.3. The molecule has 9 heteroatoms. The number of hydrogen-bond donors (Lipinski definition) is 2. The number of hydrogen-bond acceptors (Lipinski definition) is 6. The highest BCUT2D eigenvalue weighted by atomic mass is 32.2. The molecule has 0 aliphatic rings. The fraction of sp³-hybridized carbons (Fsp3) is 0.429. The largest absolute Gasteiger partial charge is 0.481 e. The van der Waals surface area contributed by atoms with Crippen molar-refractivity contribution in [3.05, 3.63) is 18.2 Å². The van der Waals surface area contributed by atoms with Crippen molar-refractivity contribution in [3.63, 3.8) is 0 Å². The van der Waals surface area contributed by atoms with Crippen LogP contribution < -0.4 is 4.72 Å². The Morgan fingerprint density at radius 3 is 2.83 bits per heavy atom. The van der Waals surface area contributed by atoms with Crippen molar-refractivity contribution in [1.82, 2.24) is 9.71 Å². The average molecular weight is 375 g/mol. The van der Waals surface area contributed by atoms with E-state index in [1.54, 1.807) is 18.2 Å². The van der Waals surface area contributed by atoms with Gasteiger partial charge in [-0.3, -0.25) is 4.79 Å². The van der Waals surface area contributed by atoms with Crippen LogP contribution in [0, 0.1) is 0 Å². The number of thiazole rings is 1. The van der Waals surface area contributed by atoms with Gasteiger partial charge in [0.15, 0.2) is 4.34 Å². The van der Waals surface area contributed by atoms with Gasteiger partial charge in [0.25, 0.3) is 0 Å². The first kappa shape index (κ1) is 18.2. The zero-order valence-electron chi connectivity index (χ0n) is 12.6. The van der Waals surface area contributed by atoms with Crippen LogP contribution in [0.5, 0.6) is 0 Å². The molecule has 2 N–H and O–H groups in total. The Bertz CT molecular complexity index is 786. The highest BCUT2D eigenvalue weighted by Gasteiger charge is 2.15. The van der Waals surface area contributed by atoms with E-state index in [2.05, 4.69) is 9.71 Å². The number of aliphatic carboxylic acids is 1. The first-order valence-corrected chi connectivity index (χ1v) is 10.6. The van der Waals surface area contributed by atoms with Crippen molar-refractivity contribution >= 4 is 49.3 Å². The Morgan fingerprint density at radius 1 is 1.35 bits per heavy atom. The summed E-state index contributed by atoms with van der Waals surface area (Å²) in [6.07, 6.45) is 3.89. The summed E-state index contributed by atoms with van der Waals surface area (Å²) >= 11 is 3.07. The lowest BCUT2D eigenvalue weighted by molar-refractivity contribution is -0.137. The van der Waals surface area contributed by atoms with Crippen LogP contribution in [-0.4, -0.2) is 37.3 Å². The molecule has 0 unspecified atom stereocenters. The van der Waals surface area contributed by atoms with Crippen LogP contribution >= 0.6 is 23.1 Å². The number of carbonyl (C=O) groups is 1. The Balaban J connectivity index is 1.95. The second kappa shape index (κ2) is 8.09. The third kappa shape index (κ3) is 5.17. The van der Waals surface area contributed by atoms with Crippen molar-refractivity contribution in [1.29, 1.82) is 0 Å². The van der Waals surface area contributed by atoms with Gasteiger partial charge in [0.05, 0.1) is 15.1 Å². The molecular formula is C14H18N2O4S3. The molecule has 1 aromatic heterocycles. The van der Waals surface area contributed by atoms with Gasteiger partial charge in [-0.05, 0) is 37.3 Å². The Kier molecular flexibility index (Phi) is 6.40. The molecule has 0 aliphatic carbocycles. The molecule has 0 atom stereocenters. The smallest absolute Gasteiger partial charge is 0.303 e. The van der Waals surface area contributed by atoms with E-state index in [1.807, 2.05) is 6.26 Å². The molecule has 0 spiro atoms. The first-order valence-electron chi connectivity index (χ1n) is 7.08. The van der Waals surface area contributed by atoms with Crippen LogP contribution in [0.2, 0.25) is 0 Å². The molecule has 2 rings (SSSR count). The molecule has 0 fully saturated rings. The minimum absolute atomic E-state index is 0.116. The number of benzene rings is 1. The summed E-state index contributed by atoms with van der Waals surface area (Å²) in [5, 5.41) is 8.54. The van der Waals surface area contributed by atoms with Crippen molar-refractivity contribution in [2.24, 2.45) is 0 Å². The van der Waals surface area contributed by atoms with Crippen LogP contribution in [0.4, 0.5) is 0 Å². The summed E-state index contributed by atoms with van der Waals surface area (Å²) in [5.41, 5.74) is 0.684. The van der Waals surface area contributed by atoms with Crippen LogP contribution in [0.25, 0.3) is 10.2 Å². The predicted octanol–water partition coefficient (Wildman–Crippen LogP) is 2.94. The molecule has 0 bridgehead atoms. The highest BCUT2D eigenvalue weighted by Crippen LogP contribution is 2.29. The van der Waals surface area contributed by atoms with E-state index in [0.29, 0.717) is 31.3 Å². The predicted molar refractivity (Wildman–Crippen MR) is 92.7 cm³/mol. The van der Waals surface area contributed by atoms with E-state index in [4.69, 9.17) is 5.11 Å². The molecule has 2 aromatic rings. The molecule has 126 valence electrons. The lowest BCUT2D eigenvalue weighted by Crippen LogP contribution is -2.24. The van der Waals surface area contributed by atoms with Crippen LogP contribution in [0.1, 0.15) is 25.7 Å². The molecule has 0 saturated carbocycles. The molecule has 23 heavy (non-hydrogen) atoms. The number of aromatic nitrogens is 1. The minimum Gasteiger partial charge on any atom is -0.481 e. The molecule has 1 aromatic carbocycles. The summed E-state index contributed by atoms with van der Waals surface area (Å²) in [6, 6.07) is 4.93. The number of nitrogens with one attached hydrogen (secondary N) is 1. The quantitative estimate of drug-likeness (QED) is 0.517. The van der Waals surface area contributed by atoms with Crippen LogP contribution in [0.3, 0.4) is 0 Å². The van der Waals surface area contributed by atoms with Gasteiger partial charge in [-0.2, -0.15) is 0 Å². The maximum atomic E-state index is 12.3. The van der Waals surface area contributed by atoms with Crippen LogP contribution in [-0.2, 0) is 14.8 Å². The zero-order chi connectivity index (χ0) is 16.9. The third-order valence-electron chi connectivity index (χ3n) is 3.18. The molecule has 0 radical (unpaired) electrons. The van der Waals surface area contributed by atoms with Gasteiger partial charge in [0.2, 0.25) is 10.0 Å². The second-order valence-corrected chi connectivity index (χ2v) is 8.77. The Labute approximate surface area is 143 Å². The van der Waals surface area contributed by atoms with E-state index >= 15 is 0 Å². The number of thioether (sulfide) groups is 1. The van der Waals surface area contributed by atoms with E-state index in [9.17, 15) is 13.2 Å². The fourth-order valence-corrected chi connectivity index (χ4v) is 4.57. The molecular weight excluding hydrogens is 356 g/mol. The van der Waals surface area contributed by atoms with Crippen molar-refractivity contribution < 1.29 is 18.3 Å². The number of rotatable bonds is 9. The minimum atomic E-state index is -3.56. The normalized spacial score (nSPS) is 11.9. The Morgan fingerprint density at radius 2 is 2.13 bits per heavy atom. The first-order chi connectivity index (χ1) is 10.9. The van der Waals surface area contributed by atoms with Gasteiger partial charge < -0.3 is 5.11 Å². The fourth-order valence-electron chi connectivity index (χ4n) is 2.01. The average Bonchev–Trinajstić information content (AvgIpc) is 2.92. The van der Waals surface area contributed by atoms with E-state index < -0.39 is 16.0 Å². The van der Waals surface area contributed by atoms with Gasteiger partial charge in [-0.15, -0.1) is 11.3 Å². The number of unbranched alkanes of at least 4 members (excludes halogenated alkanes) is 2. The summed E-state index contributed by atoms with van der Waals surface area (Å²) in [5.74, 6) is -0.827. The van der Waals surface area contributed by atoms with Crippen molar-refractivity contribution in [2.45, 2.75) is 34.9 Å². The summed E-state index contributed by atoms with van der Waals surface area (Å²) in [7, 11) is -3.56. The van der Waals surface area contributed by atoms with Crippen molar-refractivity contribution in [3.8, 4) is 0 Å². The second-order valence-electron chi connectivity index (χ2n) is 4.92.